The normalized spacial score (nSPS) is 14.3. The van der Waals surface area contributed by atoms with Crippen LogP contribution in [0.15, 0.2) is 158 Å². The van der Waals surface area contributed by atoms with Crippen LogP contribution in [0.1, 0.15) is 219 Å². The zero-order valence-electron chi connectivity index (χ0n) is 51.2. The Bertz CT molecular complexity index is 1900. The van der Waals surface area contributed by atoms with Gasteiger partial charge in [-0.3, -0.25) is 18.6 Å². The Morgan fingerprint density at radius 1 is 0.388 bits per heavy atom. The number of nitrogens with zero attached hydrogens (tertiary/aromatic N) is 1. The summed E-state index contributed by atoms with van der Waals surface area (Å²) in [4.78, 5) is 35.7. The lowest BCUT2D eigenvalue weighted by Crippen LogP contribution is -2.37. The minimum Gasteiger partial charge on any atom is -0.462 e. The summed E-state index contributed by atoms with van der Waals surface area (Å²) in [5, 5.41) is 0. The van der Waals surface area contributed by atoms with Crippen molar-refractivity contribution >= 4 is 19.8 Å². The second-order valence-electron chi connectivity index (χ2n) is 21.3. The average molecular weight is 1130 g/mol. The summed E-state index contributed by atoms with van der Waals surface area (Å²) in [7, 11) is 1.43. The lowest BCUT2D eigenvalue weighted by Gasteiger charge is -2.24. The number of hydrogen-bond donors (Lipinski definition) is 1. The number of hydrogen-bond acceptors (Lipinski definition) is 7. The van der Waals surface area contributed by atoms with E-state index in [2.05, 4.69) is 172 Å². The Labute approximate surface area is 490 Å². The molecule has 0 rings (SSSR count). The molecule has 2 atom stereocenters. The van der Waals surface area contributed by atoms with Crippen LogP contribution in [0.25, 0.3) is 0 Å². The van der Waals surface area contributed by atoms with E-state index in [0.717, 1.165) is 116 Å². The van der Waals surface area contributed by atoms with Gasteiger partial charge in [-0.05, 0) is 122 Å². The predicted octanol–water partition coefficient (Wildman–Crippen LogP) is 20.0. The largest absolute Gasteiger partial charge is 0.472 e. The van der Waals surface area contributed by atoms with E-state index in [-0.39, 0.29) is 26.1 Å². The first kappa shape index (κ1) is 75.6. The van der Waals surface area contributed by atoms with Crippen LogP contribution in [0.3, 0.4) is 0 Å². The molecule has 80 heavy (non-hydrogen) atoms. The van der Waals surface area contributed by atoms with E-state index < -0.39 is 32.5 Å². The third-order valence-electron chi connectivity index (χ3n) is 12.6. The minimum atomic E-state index is -4.41. The summed E-state index contributed by atoms with van der Waals surface area (Å²) >= 11 is 0. The summed E-state index contributed by atoms with van der Waals surface area (Å²) in [6, 6.07) is 0. The van der Waals surface area contributed by atoms with E-state index >= 15 is 0 Å². The highest BCUT2D eigenvalue weighted by atomic mass is 31.2. The van der Waals surface area contributed by atoms with E-state index in [0.29, 0.717) is 23.9 Å². The van der Waals surface area contributed by atoms with Crippen molar-refractivity contribution < 1.29 is 42.1 Å². The van der Waals surface area contributed by atoms with Crippen LogP contribution in [0.5, 0.6) is 0 Å². The molecule has 0 aromatic carbocycles. The molecule has 452 valence electrons. The van der Waals surface area contributed by atoms with Crippen molar-refractivity contribution in [3.63, 3.8) is 0 Å². The number of phosphoric ester groups is 1. The number of rotatable bonds is 55. The molecule has 0 amide bonds. The standard InChI is InChI=1S/C70H114NO8P/c1-6-8-10-12-14-16-18-20-22-24-26-28-29-30-31-32-33-34-35-36-37-38-39-40-41-43-45-47-49-51-53-55-57-59-61-63-70(73)79-68(67-78-80(74,75)77-65-64-71(3,4)5)66-76-69(72)62-60-58-56-54-52-50-48-46-44-42-27-25-23-21-19-17-15-13-11-9-7-2/h8-11,14-17,20-23,26-28,30-31,33-34,36-37,42,46,48,52,54,68H,6-7,12-13,18-19,24-25,29,32,35,38-41,43-45,47,49-51,53,55-67H2,1-5H3/p+1/b10-8-,11-9-,16-14-,17-15-,22-20-,23-21-,28-26-,31-30-,34-33-,37-36-,42-27-,48-46-,54-52-. The number of phosphoric acid groups is 1. The van der Waals surface area contributed by atoms with Crippen LogP contribution in [-0.4, -0.2) is 74.9 Å². The average Bonchev–Trinajstić information content (AvgIpc) is 3.42. The van der Waals surface area contributed by atoms with Crippen LogP contribution in [0, 0.1) is 0 Å². The lowest BCUT2D eigenvalue weighted by molar-refractivity contribution is -0.870. The molecule has 0 spiro atoms. The number of carbonyl (C=O) groups is 2. The zero-order valence-corrected chi connectivity index (χ0v) is 52.1. The second-order valence-corrected chi connectivity index (χ2v) is 22.8. The molecule has 0 bridgehead atoms. The van der Waals surface area contributed by atoms with E-state index in [1.165, 1.54) is 64.2 Å². The van der Waals surface area contributed by atoms with Gasteiger partial charge >= 0.3 is 19.8 Å². The fourth-order valence-corrected chi connectivity index (χ4v) is 8.56. The fourth-order valence-electron chi connectivity index (χ4n) is 7.82. The fraction of sp³-hybridized carbons (Fsp3) is 0.600. The van der Waals surface area contributed by atoms with Gasteiger partial charge < -0.3 is 18.9 Å². The van der Waals surface area contributed by atoms with Gasteiger partial charge in [0.2, 0.25) is 0 Å². The molecule has 0 aliphatic rings. The van der Waals surface area contributed by atoms with Crippen molar-refractivity contribution in [1.29, 1.82) is 0 Å². The Kier molecular flexibility index (Phi) is 56.0. The smallest absolute Gasteiger partial charge is 0.462 e. The summed E-state index contributed by atoms with van der Waals surface area (Å²) in [5.74, 6) is -0.860. The number of unbranched alkanes of at least 4 members (excludes halogenated alkanes) is 15. The maximum Gasteiger partial charge on any atom is 0.472 e. The number of quaternary nitrogens is 1. The van der Waals surface area contributed by atoms with Gasteiger partial charge in [0, 0.05) is 12.8 Å². The maximum atomic E-state index is 12.8. The molecule has 1 N–H and O–H groups in total. The van der Waals surface area contributed by atoms with Crippen molar-refractivity contribution in [1.82, 2.24) is 0 Å². The highest BCUT2D eigenvalue weighted by Gasteiger charge is 2.27. The number of likely N-dealkylation sites (N-methyl/N-ethyl adjacent to an activating group) is 1. The van der Waals surface area contributed by atoms with Crippen molar-refractivity contribution in [3.05, 3.63) is 158 Å². The Morgan fingerprint density at radius 2 is 0.675 bits per heavy atom. The lowest BCUT2D eigenvalue weighted by atomic mass is 10.0. The van der Waals surface area contributed by atoms with E-state index in [1.807, 2.05) is 21.1 Å². The molecule has 0 heterocycles. The summed E-state index contributed by atoms with van der Waals surface area (Å²) in [5.41, 5.74) is 0. The Balaban J connectivity index is 4.18. The van der Waals surface area contributed by atoms with Gasteiger partial charge in [0.15, 0.2) is 6.10 Å². The SMILES string of the molecule is CC/C=C\C/C=C\C/C=C\C/C=C\C/C=C\C/C=C\C/C=C\CCCCCCCCCCCCCCCC(=O)OC(COC(=O)CCCC/C=C\C/C=C\C/C=C\C/C=C\C/C=C\C/C=C\CC)COP(=O)(O)OCC[N+](C)(C)C. The van der Waals surface area contributed by atoms with Gasteiger partial charge in [-0.2, -0.15) is 0 Å². The predicted molar refractivity (Wildman–Crippen MR) is 343 cm³/mol. The highest BCUT2D eigenvalue weighted by molar-refractivity contribution is 7.47. The van der Waals surface area contributed by atoms with Crippen LogP contribution in [0.2, 0.25) is 0 Å². The molecule has 0 saturated carbocycles. The Morgan fingerprint density at radius 3 is 1.02 bits per heavy atom. The molecule has 0 aromatic rings. The van der Waals surface area contributed by atoms with Crippen molar-refractivity contribution in [2.24, 2.45) is 0 Å². The Hall–Kier alpha value is -4.37. The van der Waals surface area contributed by atoms with Crippen LogP contribution < -0.4 is 0 Å². The first-order valence-electron chi connectivity index (χ1n) is 31.2. The van der Waals surface area contributed by atoms with Crippen molar-refractivity contribution in [2.75, 3.05) is 47.5 Å². The van der Waals surface area contributed by atoms with Crippen LogP contribution in [-0.2, 0) is 32.7 Å². The first-order valence-corrected chi connectivity index (χ1v) is 32.7. The third kappa shape index (κ3) is 62.8. The summed E-state index contributed by atoms with van der Waals surface area (Å²) in [6.07, 6.45) is 89.0. The minimum absolute atomic E-state index is 0.0160. The first-order chi connectivity index (χ1) is 39.0. The topological polar surface area (TPSA) is 108 Å². The van der Waals surface area contributed by atoms with Gasteiger partial charge in [-0.1, -0.05) is 242 Å². The molecular weight excluding hydrogens is 1010 g/mol. The number of ether oxygens (including phenoxy) is 2. The third-order valence-corrected chi connectivity index (χ3v) is 13.5. The van der Waals surface area contributed by atoms with Crippen molar-refractivity contribution in [3.8, 4) is 0 Å². The molecule has 2 unspecified atom stereocenters. The molecule has 0 aliphatic heterocycles. The molecule has 0 fully saturated rings. The molecular formula is C70H115NO8P+. The zero-order chi connectivity index (χ0) is 58.4. The van der Waals surface area contributed by atoms with Gasteiger partial charge in [0.1, 0.15) is 19.8 Å². The van der Waals surface area contributed by atoms with E-state index in [4.69, 9.17) is 18.5 Å². The summed E-state index contributed by atoms with van der Waals surface area (Å²) < 4.78 is 34.6. The van der Waals surface area contributed by atoms with Gasteiger partial charge in [0.25, 0.3) is 0 Å². The number of allylic oxidation sites excluding steroid dienone is 26. The molecule has 0 saturated heterocycles. The second kappa shape index (κ2) is 59.3. The maximum absolute atomic E-state index is 12.8. The van der Waals surface area contributed by atoms with Crippen molar-refractivity contribution in [2.45, 2.75) is 225 Å². The number of esters is 2. The van der Waals surface area contributed by atoms with Gasteiger partial charge in [-0.15, -0.1) is 0 Å². The molecule has 0 aromatic heterocycles. The molecule has 0 radical (unpaired) electrons. The summed E-state index contributed by atoms with van der Waals surface area (Å²) in [6.45, 7) is 4.13. The van der Waals surface area contributed by atoms with Gasteiger partial charge in [0.05, 0.1) is 27.7 Å². The highest BCUT2D eigenvalue weighted by Crippen LogP contribution is 2.43. The monoisotopic (exact) mass is 1130 g/mol. The van der Waals surface area contributed by atoms with E-state index in [1.54, 1.807) is 0 Å². The van der Waals surface area contributed by atoms with Gasteiger partial charge in [-0.25, -0.2) is 4.57 Å². The van der Waals surface area contributed by atoms with E-state index in [9.17, 15) is 19.0 Å². The molecule has 9 nitrogen and oxygen atoms in total. The van der Waals surface area contributed by atoms with Crippen LogP contribution >= 0.6 is 7.82 Å². The molecule has 10 heteroatoms. The quantitative estimate of drug-likeness (QED) is 0.0211. The molecule has 0 aliphatic carbocycles. The number of carbonyl (C=O) groups excluding carboxylic acids is 2. The van der Waals surface area contributed by atoms with Crippen LogP contribution in [0.4, 0.5) is 0 Å².